The molecule has 0 fully saturated rings. The third-order valence-corrected chi connectivity index (χ3v) is 2.91. The van der Waals surface area contributed by atoms with Gasteiger partial charge in [0.25, 0.3) is 0 Å². The number of rotatable bonds is 6. The highest BCUT2D eigenvalue weighted by atomic mass is 16.5. The van der Waals surface area contributed by atoms with E-state index in [4.69, 9.17) is 9.84 Å². The Kier molecular flexibility index (Phi) is 5.12. The lowest BCUT2D eigenvalue weighted by Crippen LogP contribution is -1.98. The van der Waals surface area contributed by atoms with E-state index in [-0.39, 0.29) is 6.61 Å². The Morgan fingerprint density at radius 1 is 1.14 bits per heavy atom. The first-order chi connectivity index (χ1) is 10.2. The maximum atomic E-state index is 10.5. The fourth-order valence-corrected chi connectivity index (χ4v) is 1.89. The van der Waals surface area contributed by atoms with Gasteiger partial charge in [-0.25, -0.2) is 4.79 Å². The average molecular weight is 284 g/mol. The van der Waals surface area contributed by atoms with Crippen molar-refractivity contribution in [1.82, 2.24) is 0 Å². The molecule has 0 bridgehead atoms. The highest BCUT2D eigenvalue weighted by Gasteiger charge is 2.02. The highest BCUT2D eigenvalue weighted by Crippen LogP contribution is 2.19. The lowest BCUT2D eigenvalue weighted by molar-refractivity contribution is -0.131. The molecule has 4 heteroatoms. The van der Waals surface area contributed by atoms with Crippen molar-refractivity contribution in [1.29, 1.82) is 0 Å². The minimum Gasteiger partial charge on any atom is -0.489 e. The minimum atomic E-state index is -0.978. The molecule has 0 amide bonds. The van der Waals surface area contributed by atoms with Gasteiger partial charge in [-0.1, -0.05) is 36.4 Å². The molecule has 2 N–H and O–H groups in total. The molecule has 108 valence electrons. The van der Waals surface area contributed by atoms with E-state index in [1.165, 1.54) is 6.08 Å². The fourth-order valence-electron chi connectivity index (χ4n) is 1.89. The fraction of sp³-hybridized carbons (Fsp3) is 0.118. The molecule has 0 saturated heterocycles. The number of aliphatic hydroxyl groups excluding tert-OH is 1. The van der Waals surface area contributed by atoms with Gasteiger partial charge in [-0.15, -0.1) is 0 Å². The van der Waals surface area contributed by atoms with E-state index < -0.39 is 5.97 Å². The third-order valence-electron chi connectivity index (χ3n) is 2.91. The van der Waals surface area contributed by atoms with E-state index in [9.17, 15) is 9.90 Å². The SMILES string of the molecule is O=C(O)C=Cc1cccc(COc2ccccc2CO)c1. The molecule has 0 aliphatic carbocycles. The first-order valence-corrected chi connectivity index (χ1v) is 6.50. The van der Waals surface area contributed by atoms with E-state index in [0.717, 1.165) is 22.8 Å². The first kappa shape index (κ1) is 14.8. The van der Waals surface area contributed by atoms with Gasteiger partial charge in [0.1, 0.15) is 12.4 Å². The number of carboxylic acids is 1. The zero-order valence-corrected chi connectivity index (χ0v) is 11.4. The van der Waals surface area contributed by atoms with Crippen LogP contribution in [0.15, 0.2) is 54.6 Å². The Morgan fingerprint density at radius 3 is 2.71 bits per heavy atom. The van der Waals surface area contributed by atoms with Crippen LogP contribution < -0.4 is 4.74 Å². The summed E-state index contributed by atoms with van der Waals surface area (Å²) >= 11 is 0. The number of carboxylic acid groups (broad SMARTS) is 1. The van der Waals surface area contributed by atoms with Crippen LogP contribution >= 0.6 is 0 Å². The number of aliphatic hydroxyl groups is 1. The van der Waals surface area contributed by atoms with Crippen LogP contribution in [-0.2, 0) is 18.0 Å². The van der Waals surface area contributed by atoms with Crippen molar-refractivity contribution in [2.24, 2.45) is 0 Å². The van der Waals surface area contributed by atoms with Crippen LogP contribution in [0.2, 0.25) is 0 Å². The van der Waals surface area contributed by atoms with Crippen LogP contribution in [0.5, 0.6) is 5.75 Å². The summed E-state index contributed by atoms with van der Waals surface area (Å²) < 4.78 is 5.69. The van der Waals surface area contributed by atoms with E-state index in [1.807, 2.05) is 36.4 Å². The summed E-state index contributed by atoms with van der Waals surface area (Å²) in [6, 6.07) is 14.7. The van der Waals surface area contributed by atoms with E-state index in [1.54, 1.807) is 12.1 Å². The molecule has 0 aromatic heterocycles. The molecule has 0 radical (unpaired) electrons. The standard InChI is InChI=1S/C17H16O4/c18-11-15-6-1-2-7-16(15)21-12-14-5-3-4-13(10-14)8-9-17(19)20/h1-10,18H,11-12H2,(H,19,20). The summed E-state index contributed by atoms with van der Waals surface area (Å²) in [7, 11) is 0. The van der Waals surface area contributed by atoms with Gasteiger partial charge in [0, 0.05) is 11.6 Å². The number of aliphatic carboxylic acids is 1. The normalized spacial score (nSPS) is 10.7. The lowest BCUT2D eigenvalue weighted by Gasteiger charge is -2.10. The second kappa shape index (κ2) is 7.26. The average Bonchev–Trinajstić information content (AvgIpc) is 2.51. The van der Waals surface area contributed by atoms with Gasteiger partial charge in [-0.3, -0.25) is 0 Å². The number of hydrogen-bond donors (Lipinski definition) is 2. The van der Waals surface area contributed by atoms with Crippen LogP contribution in [-0.4, -0.2) is 16.2 Å². The maximum absolute atomic E-state index is 10.5. The van der Waals surface area contributed by atoms with Gasteiger partial charge in [-0.2, -0.15) is 0 Å². The number of benzene rings is 2. The van der Waals surface area contributed by atoms with Gasteiger partial charge in [-0.05, 0) is 29.3 Å². The van der Waals surface area contributed by atoms with Crippen LogP contribution in [0.4, 0.5) is 0 Å². The molecular formula is C17H16O4. The summed E-state index contributed by atoms with van der Waals surface area (Å²) in [5.41, 5.74) is 2.46. The van der Waals surface area contributed by atoms with E-state index >= 15 is 0 Å². The number of carbonyl (C=O) groups is 1. The van der Waals surface area contributed by atoms with Crippen LogP contribution in [0, 0.1) is 0 Å². The predicted octanol–water partition coefficient (Wildman–Crippen LogP) is 2.86. The zero-order valence-electron chi connectivity index (χ0n) is 11.4. The van der Waals surface area contributed by atoms with Crippen molar-refractivity contribution in [3.05, 3.63) is 71.3 Å². The lowest BCUT2D eigenvalue weighted by atomic mass is 10.1. The summed E-state index contributed by atoms with van der Waals surface area (Å²) in [6.07, 6.45) is 2.63. The molecule has 0 atom stereocenters. The van der Waals surface area contributed by atoms with E-state index in [2.05, 4.69) is 0 Å². The molecule has 0 spiro atoms. The quantitative estimate of drug-likeness (QED) is 0.800. The number of hydrogen-bond acceptors (Lipinski definition) is 3. The Morgan fingerprint density at radius 2 is 1.95 bits per heavy atom. The van der Waals surface area contributed by atoms with Gasteiger partial charge >= 0.3 is 5.97 Å². The van der Waals surface area contributed by atoms with Crippen LogP contribution in [0.3, 0.4) is 0 Å². The largest absolute Gasteiger partial charge is 0.489 e. The van der Waals surface area contributed by atoms with Crippen LogP contribution in [0.25, 0.3) is 6.08 Å². The Balaban J connectivity index is 2.06. The van der Waals surface area contributed by atoms with Gasteiger partial charge < -0.3 is 14.9 Å². The molecular weight excluding hydrogens is 268 g/mol. The Hall–Kier alpha value is -2.59. The van der Waals surface area contributed by atoms with Crippen LogP contribution in [0.1, 0.15) is 16.7 Å². The molecule has 4 nitrogen and oxygen atoms in total. The van der Waals surface area contributed by atoms with Crippen molar-refractivity contribution in [2.45, 2.75) is 13.2 Å². The molecule has 0 unspecified atom stereocenters. The second-order valence-electron chi connectivity index (χ2n) is 4.47. The highest BCUT2D eigenvalue weighted by molar-refractivity contribution is 5.85. The third kappa shape index (κ3) is 4.47. The van der Waals surface area contributed by atoms with E-state index in [0.29, 0.717) is 12.4 Å². The molecule has 2 aromatic carbocycles. The van der Waals surface area contributed by atoms with Gasteiger partial charge in [0.2, 0.25) is 0 Å². The smallest absolute Gasteiger partial charge is 0.328 e. The molecule has 21 heavy (non-hydrogen) atoms. The molecule has 2 rings (SSSR count). The summed E-state index contributed by atoms with van der Waals surface area (Å²) in [6.45, 7) is 0.281. The molecule has 0 saturated carbocycles. The molecule has 2 aromatic rings. The Labute approximate surface area is 122 Å². The number of ether oxygens (including phenoxy) is 1. The van der Waals surface area contributed by atoms with Gasteiger partial charge in [0.05, 0.1) is 6.61 Å². The Bertz CT molecular complexity index is 647. The predicted molar refractivity (Wildman–Crippen MR) is 79.8 cm³/mol. The topological polar surface area (TPSA) is 66.8 Å². The molecule has 0 aliphatic rings. The van der Waals surface area contributed by atoms with Crippen molar-refractivity contribution < 1.29 is 19.7 Å². The van der Waals surface area contributed by atoms with Crippen molar-refractivity contribution >= 4 is 12.0 Å². The first-order valence-electron chi connectivity index (χ1n) is 6.50. The van der Waals surface area contributed by atoms with Crippen molar-refractivity contribution in [2.75, 3.05) is 0 Å². The molecule has 0 heterocycles. The number of para-hydroxylation sites is 1. The molecule has 0 aliphatic heterocycles. The van der Waals surface area contributed by atoms with Gasteiger partial charge in [0.15, 0.2) is 0 Å². The summed E-state index contributed by atoms with van der Waals surface area (Å²) in [4.78, 5) is 10.5. The van der Waals surface area contributed by atoms with Crippen molar-refractivity contribution in [3.63, 3.8) is 0 Å². The monoisotopic (exact) mass is 284 g/mol. The second-order valence-corrected chi connectivity index (χ2v) is 4.47. The summed E-state index contributed by atoms with van der Waals surface area (Å²) in [5.74, 6) is -0.333. The summed E-state index contributed by atoms with van der Waals surface area (Å²) in [5, 5.41) is 17.9. The van der Waals surface area contributed by atoms with Crippen molar-refractivity contribution in [3.8, 4) is 5.75 Å². The zero-order chi connectivity index (χ0) is 15.1. The maximum Gasteiger partial charge on any atom is 0.328 e. The minimum absolute atomic E-state index is 0.0719.